The van der Waals surface area contributed by atoms with Crippen LogP contribution in [0, 0.1) is 11.3 Å². The molecular formula is C25H29N5O7S. The first kappa shape index (κ1) is 27.1. The number of hydrogen-bond acceptors (Lipinski definition) is 8. The van der Waals surface area contributed by atoms with E-state index in [1.807, 2.05) is 6.07 Å². The minimum Gasteiger partial charge on any atom is -0.450 e. The number of aromatic nitrogens is 2. The third-order valence-corrected chi connectivity index (χ3v) is 10.4. The largest absolute Gasteiger partial charge is 0.505 e. The van der Waals surface area contributed by atoms with Gasteiger partial charge in [-0.15, -0.1) is 0 Å². The first-order valence-electron chi connectivity index (χ1n) is 12.0. The fourth-order valence-corrected chi connectivity index (χ4v) is 7.12. The summed E-state index contributed by atoms with van der Waals surface area (Å²) in [6.07, 6.45) is -0.506. The SMILES string of the molecule is Cn1nc(C(=O)NCc2ccc(C#N)cc2)c2c1C(=O)N(CC1(S(=O)(=O)C(C)(C)COC(=O)O)CC1)CC2. The monoisotopic (exact) mass is 543 g/mol. The van der Waals surface area contributed by atoms with Crippen LogP contribution < -0.4 is 5.32 Å². The number of carboxylic acid groups (broad SMARTS) is 1. The van der Waals surface area contributed by atoms with Gasteiger partial charge in [-0.25, -0.2) is 13.2 Å². The molecule has 12 nitrogen and oxygen atoms in total. The quantitative estimate of drug-likeness (QED) is 0.446. The van der Waals surface area contributed by atoms with Gasteiger partial charge in [-0.2, -0.15) is 10.4 Å². The van der Waals surface area contributed by atoms with E-state index in [2.05, 4.69) is 15.2 Å². The highest BCUT2D eigenvalue weighted by atomic mass is 32.2. The molecule has 202 valence electrons. The molecule has 1 fully saturated rings. The number of rotatable bonds is 9. The Morgan fingerprint density at radius 2 is 1.92 bits per heavy atom. The van der Waals surface area contributed by atoms with Crippen molar-refractivity contribution in [1.82, 2.24) is 20.0 Å². The Hall–Kier alpha value is -3.92. The van der Waals surface area contributed by atoms with Crippen molar-refractivity contribution >= 4 is 27.8 Å². The molecule has 2 aromatic rings. The highest BCUT2D eigenvalue weighted by Crippen LogP contribution is 2.49. The smallest absolute Gasteiger partial charge is 0.450 e. The Morgan fingerprint density at radius 1 is 1.26 bits per heavy atom. The van der Waals surface area contributed by atoms with Crippen LogP contribution in [0.5, 0.6) is 0 Å². The predicted molar refractivity (Wildman–Crippen MR) is 134 cm³/mol. The number of carbonyl (C=O) groups excluding carboxylic acids is 2. The topological polar surface area (TPSA) is 172 Å². The number of nitriles is 1. The van der Waals surface area contributed by atoms with E-state index in [0.29, 0.717) is 30.4 Å². The van der Waals surface area contributed by atoms with E-state index in [-0.39, 0.29) is 31.0 Å². The minimum atomic E-state index is -3.87. The zero-order chi connectivity index (χ0) is 27.9. The van der Waals surface area contributed by atoms with E-state index >= 15 is 0 Å². The van der Waals surface area contributed by atoms with Crippen molar-refractivity contribution in [2.45, 2.75) is 49.1 Å². The van der Waals surface area contributed by atoms with Crippen LogP contribution in [0.1, 0.15) is 64.4 Å². The van der Waals surface area contributed by atoms with Crippen LogP contribution in [0.15, 0.2) is 24.3 Å². The van der Waals surface area contributed by atoms with Gasteiger partial charge in [-0.1, -0.05) is 12.1 Å². The van der Waals surface area contributed by atoms with Crippen LogP contribution in [0.25, 0.3) is 0 Å². The number of ether oxygens (including phenoxy) is 1. The van der Waals surface area contributed by atoms with Gasteiger partial charge in [0.05, 0.1) is 16.4 Å². The summed E-state index contributed by atoms with van der Waals surface area (Å²) >= 11 is 0. The van der Waals surface area contributed by atoms with Crippen LogP contribution >= 0.6 is 0 Å². The maximum absolute atomic E-state index is 13.5. The molecule has 1 saturated carbocycles. The van der Waals surface area contributed by atoms with Gasteiger partial charge in [0.1, 0.15) is 17.0 Å². The third kappa shape index (κ3) is 4.83. The third-order valence-electron chi connectivity index (χ3n) is 7.15. The molecule has 2 amide bonds. The summed E-state index contributed by atoms with van der Waals surface area (Å²) in [6.45, 7) is 2.74. The molecule has 0 unspecified atom stereocenters. The lowest BCUT2D eigenvalue weighted by atomic mass is 10.0. The molecule has 1 aliphatic carbocycles. The lowest BCUT2D eigenvalue weighted by Gasteiger charge is -2.34. The van der Waals surface area contributed by atoms with Crippen molar-refractivity contribution < 1.29 is 32.6 Å². The molecule has 1 aromatic heterocycles. The normalized spacial score (nSPS) is 16.4. The van der Waals surface area contributed by atoms with Crippen molar-refractivity contribution in [2.75, 3.05) is 19.7 Å². The van der Waals surface area contributed by atoms with E-state index in [1.54, 1.807) is 31.3 Å². The Balaban J connectivity index is 1.48. The molecule has 2 N–H and O–H groups in total. The van der Waals surface area contributed by atoms with Gasteiger partial charge in [-0.05, 0) is 50.8 Å². The van der Waals surface area contributed by atoms with Crippen molar-refractivity contribution in [2.24, 2.45) is 7.05 Å². The van der Waals surface area contributed by atoms with E-state index in [1.165, 1.54) is 23.4 Å². The first-order chi connectivity index (χ1) is 17.8. The maximum atomic E-state index is 13.5. The molecule has 0 saturated heterocycles. The van der Waals surface area contributed by atoms with Gasteiger partial charge in [0, 0.05) is 32.2 Å². The Labute approximate surface area is 220 Å². The van der Waals surface area contributed by atoms with Crippen molar-refractivity contribution in [1.29, 1.82) is 5.26 Å². The number of carbonyl (C=O) groups is 3. The zero-order valence-electron chi connectivity index (χ0n) is 21.4. The molecule has 0 bridgehead atoms. The number of aryl methyl sites for hydroxylation is 1. The van der Waals surface area contributed by atoms with Crippen LogP contribution in [0.2, 0.25) is 0 Å². The van der Waals surface area contributed by atoms with Crippen LogP contribution in [0.3, 0.4) is 0 Å². The summed E-state index contributed by atoms with van der Waals surface area (Å²) in [5.74, 6) is -0.845. The number of fused-ring (bicyclic) bond motifs is 1. The summed E-state index contributed by atoms with van der Waals surface area (Å²) in [6, 6.07) is 8.83. The Bertz CT molecular complexity index is 1430. The van der Waals surface area contributed by atoms with Crippen molar-refractivity contribution in [3.05, 3.63) is 52.3 Å². The highest BCUT2D eigenvalue weighted by Gasteiger charge is 2.61. The van der Waals surface area contributed by atoms with Crippen molar-refractivity contribution in [3.8, 4) is 6.07 Å². The van der Waals surface area contributed by atoms with Gasteiger partial charge in [0.2, 0.25) is 0 Å². The molecule has 13 heteroatoms. The zero-order valence-corrected chi connectivity index (χ0v) is 22.2. The molecule has 0 spiro atoms. The average molecular weight is 544 g/mol. The van der Waals surface area contributed by atoms with Gasteiger partial charge in [0.25, 0.3) is 11.8 Å². The number of benzene rings is 1. The van der Waals surface area contributed by atoms with Crippen LogP contribution in [0.4, 0.5) is 4.79 Å². The number of hydrogen-bond donors (Lipinski definition) is 2. The minimum absolute atomic E-state index is 0.0322. The molecule has 2 aliphatic rings. The molecule has 4 rings (SSSR count). The van der Waals surface area contributed by atoms with Gasteiger partial charge in [-0.3, -0.25) is 14.3 Å². The summed E-state index contributed by atoms with van der Waals surface area (Å²) in [5.41, 5.74) is 2.21. The highest BCUT2D eigenvalue weighted by molar-refractivity contribution is 7.94. The van der Waals surface area contributed by atoms with E-state index in [9.17, 15) is 22.8 Å². The van der Waals surface area contributed by atoms with Gasteiger partial charge < -0.3 is 20.1 Å². The van der Waals surface area contributed by atoms with Gasteiger partial charge in [0.15, 0.2) is 15.5 Å². The number of nitrogens with zero attached hydrogens (tertiary/aromatic N) is 4. The second kappa shape index (κ2) is 9.75. The average Bonchev–Trinajstić information content (AvgIpc) is 3.59. The van der Waals surface area contributed by atoms with Gasteiger partial charge >= 0.3 is 6.16 Å². The summed E-state index contributed by atoms with van der Waals surface area (Å²) in [4.78, 5) is 38.6. The molecule has 1 aromatic carbocycles. The Morgan fingerprint density at radius 3 is 2.50 bits per heavy atom. The molecule has 2 heterocycles. The number of nitrogens with one attached hydrogen (secondary N) is 1. The fraction of sp³-hybridized carbons (Fsp3) is 0.480. The standard InChI is InChI=1S/C25H29N5O7S/c1-24(2,15-37-23(33)34)38(35,36)25(9-10-25)14-30-11-8-18-19(28-29(3)20(18)22(30)32)21(31)27-13-17-6-4-16(12-26)5-7-17/h4-7H,8-11,13-15H2,1-3H3,(H,27,31)(H,33,34). The second-order valence-corrected chi connectivity index (χ2v) is 13.2. The van der Waals surface area contributed by atoms with E-state index in [0.717, 1.165) is 5.56 Å². The first-order valence-corrected chi connectivity index (χ1v) is 13.5. The predicted octanol–water partition coefficient (Wildman–Crippen LogP) is 1.64. The van der Waals surface area contributed by atoms with E-state index < -0.39 is 43.9 Å². The maximum Gasteiger partial charge on any atom is 0.505 e. The molecular weight excluding hydrogens is 514 g/mol. The molecule has 38 heavy (non-hydrogen) atoms. The molecule has 1 aliphatic heterocycles. The van der Waals surface area contributed by atoms with Crippen molar-refractivity contribution in [3.63, 3.8) is 0 Å². The lowest BCUT2D eigenvalue weighted by molar-refractivity contribution is 0.0723. The fourth-order valence-electron chi connectivity index (χ4n) is 4.77. The molecule has 0 atom stereocenters. The summed E-state index contributed by atoms with van der Waals surface area (Å²) in [5, 5.41) is 24.8. The summed E-state index contributed by atoms with van der Waals surface area (Å²) in [7, 11) is -2.30. The van der Waals surface area contributed by atoms with Crippen LogP contribution in [-0.2, 0) is 34.6 Å². The van der Waals surface area contributed by atoms with E-state index in [4.69, 9.17) is 10.4 Å². The second-order valence-electron chi connectivity index (χ2n) is 10.3. The Kier molecular flexibility index (Phi) is 6.96. The number of amides is 2. The van der Waals surface area contributed by atoms with Crippen LogP contribution in [-0.4, -0.2) is 75.4 Å². The molecule has 0 radical (unpaired) electrons. The number of sulfone groups is 1. The summed E-state index contributed by atoms with van der Waals surface area (Å²) < 4.78 is 30.2. The lowest BCUT2D eigenvalue weighted by Crippen LogP contribution is -2.52.